The lowest BCUT2D eigenvalue weighted by molar-refractivity contribution is 0.0601. The summed E-state index contributed by atoms with van der Waals surface area (Å²) in [6, 6.07) is 3.77. The van der Waals surface area contributed by atoms with E-state index in [9.17, 15) is 4.79 Å². The lowest BCUT2D eigenvalue weighted by atomic mass is 10.1. The second-order valence-electron chi connectivity index (χ2n) is 4.08. The van der Waals surface area contributed by atoms with E-state index in [4.69, 9.17) is 4.74 Å². The van der Waals surface area contributed by atoms with E-state index < -0.39 is 0 Å². The average Bonchev–Trinajstić information content (AvgIpc) is 2.40. The lowest BCUT2D eigenvalue weighted by Crippen LogP contribution is -2.39. The van der Waals surface area contributed by atoms with Gasteiger partial charge < -0.3 is 15.4 Å². The van der Waals surface area contributed by atoms with Crippen LogP contribution in [0.2, 0.25) is 0 Å². The highest BCUT2D eigenvalue weighted by Gasteiger charge is 2.17. The van der Waals surface area contributed by atoms with E-state index in [0.29, 0.717) is 17.4 Å². The highest BCUT2D eigenvalue weighted by molar-refractivity contribution is 5.94. The molecule has 1 saturated heterocycles. The Morgan fingerprint density at radius 3 is 3.11 bits per heavy atom. The number of methoxy groups -OCH3 is 1. The molecule has 1 aliphatic heterocycles. The summed E-state index contributed by atoms with van der Waals surface area (Å²) in [4.78, 5) is 15.8. The maximum atomic E-state index is 11.6. The molecule has 0 saturated carbocycles. The standard InChI is InChI=1S/C12H17N3O2.ClH/c1-17-12(16)10-5-3-7-14-11(10)15-9-4-2-6-13-8-9;/h3,5,7,9,13H,2,4,6,8H2,1H3,(H,14,15);1H. The Hall–Kier alpha value is -1.33. The largest absolute Gasteiger partial charge is 0.465 e. The Kier molecular flexibility index (Phi) is 5.88. The fraction of sp³-hybridized carbons (Fsp3) is 0.500. The van der Waals surface area contributed by atoms with Gasteiger partial charge in [-0.3, -0.25) is 0 Å². The lowest BCUT2D eigenvalue weighted by Gasteiger charge is -2.24. The second-order valence-corrected chi connectivity index (χ2v) is 4.08. The van der Waals surface area contributed by atoms with Crippen LogP contribution in [0.3, 0.4) is 0 Å². The Bertz CT molecular complexity index is 395. The van der Waals surface area contributed by atoms with Crippen molar-refractivity contribution in [1.82, 2.24) is 10.3 Å². The van der Waals surface area contributed by atoms with Crippen molar-refractivity contribution in [2.75, 3.05) is 25.5 Å². The summed E-state index contributed by atoms with van der Waals surface area (Å²) in [6.07, 6.45) is 3.90. The highest BCUT2D eigenvalue weighted by Crippen LogP contribution is 2.16. The molecule has 0 bridgehead atoms. The minimum Gasteiger partial charge on any atom is -0.465 e. The number of carbonyl (C=O) groups is 1. The first-order valence-corrected chi connectivity index (χ1v) is 5.82. The molecule has 1 fully saturated rings. The van der Waals surface area contributed by atoms with Crippen LogP contribution in [0.1, 0.15) is 23.2 Å². The number of carbonyl (C=O) groups excluding carboxylic acids is 1. The quantitative estimate of drug-likeness (QED) is 0.815. The van der Waals surface area contributed by atoms with Crippen molar-refractivity contribution in [2.24, 2.45) is 0 Å². The van der Waals surface area contributed by atoms with Gasteiger partial charge in [0.25, 0.3) is 0 Å². The number of pyridine rings is 1. The van der Waals surface area contributed by atoms with Gasteiger partial charge in [0.05, 0.1) is 7.11 Å². The summed E-state index contributed by atoms with van der Waals surface area (Å²) >= 11 is 0. The highest BCUT2D eigenvalue weighted by atomic mass is 35.5. The molecule has 1 atom stereocenters. The van der Waals surface area contributed by atoms with Crippen LogP contribution < -0.4 is 10.6 Å². The molecular weight excluding hydrogens is 254 g/mol. The van der Waals surface area contributed by atoms with Gasteiger partial charge in [-0.1, -0.05) is 0 Å². The van der Waals surface area contributed by atoms with E-state index in [2.05, 4.69) is 15.6 Å². The van der Waals surface area contributed by atoms with Gasteiger partial charge in [-0.15, -0.1) is 12.4 Å². The molecule has 5 nitrogen and oxygen atoms in total. The molecule has 2 N–H and O–H groups in total. The normalized spacial score (nSPS) is 18.6. The van der Waals surface area contributed by atoms with Crippen molar-refractivity contribution in [3.63, 3.8) is 0 Å². The zero-order valence-corrected chi connectivity index (χ0v) is 11.1. The van der Waals surface area contributed by atoms with Crippen molar-refractivity contribution < 1.29 is 9.53 Å². The van der Waals surface area contributed by atoms with Gasteiger partial charge in [0.15, 0.2) is 0 Å². The number of hydrogen-bond acceptors (Lipinski definition) is 5. The maximum Gasteiger partial charge on any atom is 0.341 e. The van der Waals surface area contributed by atoms with Crippen LogP contribution >= 0.6 is 12.4 Å². The zero-order valence-electron chi connectivity index (χ0n) is 10.3. The Morgan fingerprint density at radius 2 is 2.44 bits per heavy atom. The third-order valence-corrected chi connectivity index (χ3v) is 2.85. The molecule has 0 spiro atoms. The number of nitrogens with one attached hydrogen (secondary N) is 2. The van der Waals surface area contributed by atoms with Crippen molar-refractivity contribution in [3.05, 3.63) is 23.9 Å². The van der Waals surface area contributed by atoms with Gasteiger partial charge >= 0.3 is 5.97 Å². The van der Waals surface area contributed by atoms with E-state index in [1.165, 1.54) is 7.11 Å². The fourth-order valence-corrected chi connectivity index (χ4v) is 1.96. The van der Waals surface area contributed by atoms with Gasteiger partial charge in [-0.25, -0.2) is 9.78 Å². The van der Waals surface area contributed by atoms with Gasteiger partial charge in [-0.2, -0.15) is 0 Å². The summed E-state index contributed by atoms with van der Waals surface area (Å²) in [5.41, 5.74) is 0.487. The fourth-order valence-electron chi connectivity index (χ4n) is 1.96. The number of hydrogen-bond donors (Lipinski definition) is 2. The molecule has 1 aromatic heterocycles. The summed E-state index contributed by atoms with van der Waals surface area (Å²) in [7, 11) is 1.38. The van der Waals surface area contributed by atoms with Gasteiger partial charge in [0.1, 0.15) is 11.4 Å². The molecule has 18 heavy (non-hydrogen) atoms. The minimum atomic E-state index is -0.357. The molecule has 1 aliphatic rings. The number of ether oxygens (including phenoxy) is 1. The maximum absolute atomic E-state index is 11.6. The average molecular weight is 272 g/mol. The van der Waals surface area contributed by atoms with Crippen molar-refractivity contribution in [3.8, 4) is 0 Å². The van der Waals surface area contributed by atoms with E-state index in [0.717, 1.165) is 25.9 Å². The molecule has 0 aliphatic carbocycles. The molecule has 1 aromatic rings. The first kappa shape index (κ1) is 14.7. The second kappa shape index (κ2) is 7.18. The SMILES string of the molecule is COC(=O)c1cccnc1NC1CCCNC1.Cl. The van der Waals surface area contributed by atoms with Gasteiger partial charge in [0.2, 0.25) is 0 Å². The monoisotopic (exact) mass is 271 g/mol. The summed E-state index contributed by atoms with van der Waals surface area (Å²) < 4.78 is 4.73. The zero-order chi connectivity index (χ0) is 12.1. The van der Waals surface area contributed by atoms with E-state index in [-0.39, 0.29) is 18.4 Å². The van der Waals surface area contributed by atoms with Crippen molar-refractivity contribution in [1.29, 1.82) is 0 Å². The summed E-state index contributed by atoms with van der Waals surface area (Å²) in [5.74, 6) is 0.248. The first-order valence-electron chi connectivity index (χ1n) is 5.82. The molecule has 0 amide bonds. The Morgan fingerprint density at radius 1 is 1.61 bits per heavy atom. The van der Waals surface area contributed by atoms with E-state index in [1.807, 2.05) is 0 Å². The molecule has 0 radical (unpaired) electrons. The van der Waals surface area contributed by atoms with Crippen molar-refractivity contribution >= 4 is 24.2 Å². The Labute approximate surface area is 113 Å². The molecule has 0 aromatic carbocycles. The van der Waals surface area contributed by atoms with Crippen LogP contribution in [0.25, 0.3) is 0 Å². The molecule has 1 unspecified atom stereocenters. The Balaban J connectivity index is 0.00000162. The van der Waals surface area contributed by atoms with E-state index in [1.54, 1.807) is 18.3 Å². The predicted octanol–water partition coefficient (Wildman–Crippen LogP) is 1.45. The topological polar surface area (TPSA) is 63.2 Å². The van der Waals surface area contributed by atoms with Crippen LogP contribution in [0.4, 0.5) is 5.82 Å². The van der Waals surface area contributed by atoms with Crippen LogP contribution in [0.15, 0.2) is 18.3 Å². The first-order chi connectivity index (χ1) is 8.31. The molecule has 100 valence electrons. The molecular formula is C12H18ClN3O2. The summed E-state index contributed by atoms with van der Waals surface area (Å²) in [6.45, 7) is 1.96. The third-order valence-electron chi connectivity index (χ3n) is 2.85. The third kappa shape index (κ3) is 3.58. The number of piperidine rings is 1. The van der Waals surface area contributed by atoms with Crippen molar-refractivity contribution in [2.45, 2.75) is 18.9 Å². The summed E-state index contributed by atoms with van der Waals surface area (Å²) in [5, 5.41) is 6.60. The number of esters is 1. The van der Waals surface area contributed by atoms with Crippen LogP contribution in [-0.4, -0.2) is 37.2 Å². The number of anilines is 1. The smallest absolute Gasteiger partial charge is 0.341 e. The van der Waals surface area contributed by atoms with E-state index >= 15 is 0 Å². The molecule has 2 heterocycles. The molecule has 6 heteroatoms. The number of rotatable bonds is 3. The molecule has 2 rings (SSSR count). The van der Waals surface area contributed by atoms with Gasteiger partial charge in [-0.05, 0) is 31.5 Å². The predicted molar refractivity (Wildman–Crippen MR) is 72.3 cm³/mol. The van der Waals surface area contributed by atoms with Crippen LogP contribution in [0.5, 0.6) is 0 Å². The number of nitrogens with zero attached hydrogens (tertiary/aromatic N) is 1. The van der Waals surface area contributed by atoms with Gasteiger partial charge in [0, 0.05) is 18.8 Å². The van der Waals surface area contributed by atoms with Crippen LogP contribution in [-0.2, 0) is 4.74 Å². The number of aromatic nitrogens is 1. The van der Waals surface area contributed by atoms with Crippen LogP contribution in [0, 0.1) is 0 Å². The minimum absolute atomic E-state index is 0. The number of halogens is 1.